The smallest absolute Gasteiger partial charge is 0.306 e. The number of esters is 1. The van der Waals surface area contributed by atoms with E-state index in [1.165, 1.54) is 0 Å². The van der Waals surface area contributed by atoms with Gasteiger partial charge in [-0.25, -0.2) is 0 Å². The molecule has 116 valence electrons. The minimum atomic E-state index is -0.960. The van der Waals surface area contributed by atoms with Gasteiger partial charge in [0.2, 0.25) is 0 Å². The van der Waals surface area contributed by atoms with Gasteiger partial charge in [0.05, 0.1) is 25.7 Å². The third kappa shape index (κ3) is 3.21. The van der Waals surface area contributed by atoms with E-state index in [1.54, 1.807) is 14.0 Å². The van der Waals surface area contributed by atoms with Gasteiger partial charge in [0, 0.05) is 5.92 Å². The second-order valence-corrected chi connectivity index (χ2v) is 5.78. The molecule has 0 bridgehead atoms. The Morgan fingerprint density at radius 2 is 2.05 bits per heavy atom. The van der Waals surface area contributed by atoms with Crippen molar-refractivity contribution in [2.75, 3.05) is 13.7 Å². The van der Waals surface area contributed by atoms with Crippen molar-refractivity contribution in [2.24, 2.45) is 11.8 Å². The Morgan fingerprint density at radius 1 is 1.38 bits per heavy atom. The van der Waals surface area contributed by atoms with Crippen molar-refractivity contribution in [2.45, 2.75) is 38.7 Å². The van der Waals surface area contributed by atoms with E-state index in [1.807, 2.05) is 24.3 Å². The van der Waals surface area contributed by atoms with Crippen LogP contribution in [0.4, 0.5) is 0 Å². The van der Waals surface area contributed by atoms with Crippen molar-refractivity contribution in [1.82, 2.24) is 0 Å². The molecule has 0 heterocycles. The van der Waals surface area contributed by atoms with Crippen molar-refractivity contribution in [3.05, 3.63) is 29.8 Å². The predicted molar refractivity (Wildman–Crippen MR) is 80.0 cm³/mol. The normalized spacial score (nSPS) is 28.4. The molecule has 2 rings (SSSR count). The van der Waals surface area contributed by atoms with E-state index in [2.05, 4.69) is 6.92 Å². The summed E-state index contributed by atoms with van der Waals surface area (Å²) >= 11 is 0. The van der Waals surface area contributed by atoms with Crippen LogP contribution < -0.4 is 4.74 Å². The van der Waals surface area contributed by atoms with E-state index in [4.69, 9.17) is 9.47 Å². The number of carbonyl (C=O) groups excluding carboxylic acids is 1. The van der Waals surface area contributed by atoms with Gasteiger partial charge < -0.3 is 14.6 Å². The lowest BCUT2D eigenvalue weighted by Gasteiger charge is -2.32. The molecule has 1 aliphatic rings. The molecule has 1 N–H and O–H groups in total. The molecule has 4 heteroatoms. The number of aliphatic hydroxyl groups is 1. The van der Waals surface area contributed by atoms with E-state index in [-0.39, 0.29) is 18.3 Å². The Hall–Kier alpha value is -1.55. The Kier molecular flexibility index (Phi) is 4.88. The standard InChI is InChI=1S/C17H24O4/c1-4-21-16(18)11-15-12(2)9-10-17(15,19)13-5-7-14(20-3)8-6-13/h5-8,12,15,19H,4,9-11H2,1-3H3/t12-,15+,17-/m1/s1. The van der Waals surface area contributed by atoms with E-state index in [0.29, 0.717) is 18.9 Å². The van der Waals surface area contributed by atoms with Gasteiger partial charge >= 0.3 is 5.97 Å². The van der Waals surface area contributed by atoms with Gasteiger partial charge in [0.25, 0.3) is 0 Å². The highest BCUT2D eigenvalue weighted by molar-refractivity contribution is 5.70. The van der Waals surface area contributed by atoms with Crippen LogP contribution in [0.25, 0.3) is 0 Å². The summed E-state index contributed by atoms with van der Waals surface area (Å²) in [6, 6.07) is 7.46. The van der Waals surface area contributed by atoms with Gasteiger partial charge in [-0.2, -0.15) is 0 Å². The zero-order chi connectivity index (χ0) is 15.5. The summed E-state index contributed by atoms with van der Waals surface area (Å²) in [5.74, 6) is 0.713. The second kappa shape index (κ2) is 6.48. The molecule has 1 fully saturated rings. The quantitative estimate of drug-likeness (QED) is 0.848. The number of carbonyl (C=O) groups is 1. The van der Waals surface area contributed by atoms with E-state index in [0.717, 1.165) is 17.7 Å². The van der Waals surface area contributed by atoms with Gasteiger partial charge in [-0.15, -0.1) is 0 Å². The number of rotatable bonds is 5. The van der Waals surface area contributed by atoms with Crippen LogP contribution in [0.1, 0.15) is 38.7 Å². The lowest BCUT2D eigenvalue weighted by Crippen LogP contribution is -2.34. The topological polar surface area (TPSA) is 55.8 Å². The zero-order valence-electron chi connectivity index (χ0n) is 13.0. The largest absolute Gasteiger partial charge is 0.497 e. The van der Waals surface area contributed by atoms with Crippen LogP contribution in [-0.4, -0.2) is 24.8 Å². The van der Waals surface area contributed by atoms with Crippen LogP contribution >= 0.6 is 0 Å². The minimum absolute atomic E-state index is 0.107. The van der Waals surface area contributed by atoms with Crippen molar-refractivity contribution in [1.29, 1.82) is 0 Å². The molecule has 3 atom stereocenters. The molecular formula is C17H24O4. The fourth-order valence-corrected chi connectivity index (χ4v) is 3.31. The predicted octanol–water partition coefficient (Wildman–Crippen LogP) is 2.88. The lowest BCUT2D eigenvalue weighted by molar-refractivity contribution is -0.147. The molecule has 1 aromatic carbocycles. The van der Waals surface area contributed by atoms with Crippen molar-refractivity contribution < 1.29 is 19.4 Å². The van der Waals surface area contributed by atoms with E-state index >= 15 is 0 Å². The molecule has 1 aromatic rings. The molecule has 21 heavy (non-hydrogen) atoms. The summed E-state index contributed by atoms with van der Waals surface area (Å²) in [6.45, 7) is 4.26. The number of benzene rings is 1. The molecular weight excluding hydrogens is 268 g/mol. The Bertz CT molecular complexity index is 482. The summed E-state index contributed by atoms with van der Waals surface area (Å²) in [4.78, 5) is 11.8. The van der Waals surface area contributed by atoms with Crippen LogP contribution in [-0.2, 0) is 15.1 Å². The van der Waals surface area contributed by atoms with Crippen molar-refractivity contribution >= 4 is 5.97 Å². The first-order chi connectivity index (χ1) is 10.0. The fourth-order valence-electron chi connectivity index (χ4n) is 3.31. The molecule has 0 amide bonds. The summed E-state index contributed by atoms with van der Waals surface area (Å²) in [7, 11) is 1.62. The number of ether oxygens (including phenoxy) is 2. The average molecular weight is 292 g/mol. The lowest BCUT2D eigenvalue weighted by atomic mass is 9.79. The van der Waals surface area contributed by atoms with Gasteiger partial charge in [-0.3, -0.25) is 4.79 Å². The van der Waals surface area contributed by atoms with Gasteiger partial charge in [0.15, 0.2) is 0 Å². The van der Waals surface area contributed by atoms with Crippen molar-refractivity contribution in [3.8, 4) is 5.75 Å². The van der Waals surface area contributed by atoms with Crippen LogP contribution in [0.5, 0.6) is 5.75 Å². The van der Waals surface area contributed by atoms with E-state index in [9.17, 15) is 9.90 Å². The van der Waals surface area contributed by atoms with Gasteiger partial charge in [-0.05, 0) is 43.4 Å². The SMILES string of the molecule is CCOC(=O)C[C@H]1[C@H](C)CC[C@@]1(O)c1ccc(OC)cc1. The van der Waals surface area contributed by atoms with Crippen molar-refractivity contribution in [3.63, 3.8) is 0 Å². The Morgan fingerprint density at radius 3 is 2.62 bits per heavy atom. The monoisotopic (exact) mass is 292 g/mol. The molecule has 0 saturated heterocycles. The van der Waals surface area contributed by atoms with E-state index < -0.39 is 5.60 Å². The molecule has 0 radical (unpaired) electrons. The average Bonchev–Trinajstić information content (AvgIpc) is 2.77. The minimum Gasteiger partial charge on any atom is -0.497 e. The second-order valence-electron chi connectivity index (χ2n) is 5.78. The molecule has 0 aromatic heterocycles. The van der Waals surface area contributed by atoms with Crippen LogP contribution in [0.15, 0.2) is 24.3 Å². The maximum Gasteiger partial charge on any atom is 0.306 e. The van der Waals surface area contributed by atoms with Crippen LogP contribution in [0.2, 0.25) is 0 Å². The fraction of sp³-hybridized carbons (Fsp3) is 0.588. The summed E-state index contributed by atoms with van der Waals surface area (Å²) in [6.07, 6.45) is 1.84. The molecule has 0 aliphatic heterocycles. The maximum absolute atomic E-state index is 11.8. The Balaban J connectivity index is 2.22. The number of methoxy groups -OCH3 is 1. The third-order valence-corrected chi connectivity index (χ3v) is 4.56. The van der Waals surface area contributed by atoms with Gasteiger partial charge in [0.1, 0.15) is 5.75 Å². The molecule has 1 saturated carbocycles. The maximum atomic E-state index is 11.8. The molecule has 1 aliphatic carbocycles. The van der Waals surface area contributed by atoms with Gasteiger partial charge in [-0.1, -0.05) is 19.1 Å². The molecule has 0 spiro atoms. The highest BCUT2D eigenvalue weighted by atomic mass is 16.5. The Labute approximate surface area is 126 Å². The third-order valence-electron chi connectivity index (χ3n) is 4.56. The first-order valence-electron chi connectivity index (χ1n) is 7.53. The van der Waals surface area contributed by atoms with Crippen LogP contribution in [0.3, 0.4) is 0 Å². The zero-order valence-corrected chi connectivity index (χ0v) is 13.0. The first-order valence-corrected chi connectivity index (χ1v) is 7.53. The molecule has 0 unspecified atom stereocenters. The van der Waals surface area contributed by atoms with Crippen LogP contribution in [0, 0.1) is 11.8 Å². The first kappa shape index (κ1) is 15.8. The summed E-state index contributed by atoms with van der Waals surface area (Å²) in [5, 5.41) is 11.1. The summed E-state index contributed by atoms with van der Waals surface area (Å²) in [5.41, 5.74) is -0.111. The highest BCUT2D eigenvalue weighted by Gasteiger charge is 2.47. The number of hydrogen-bond donors (Lipinski definition) is 1. The highest BCUT2D eigenvalue weighted by Crippen LogP contribution is 2.48. The molecule has 4 nitrogen and oxygen atoms in total. The number of hydrogen-bond acceptors (Lipinski definition) is 4. The summed E-state index contributed by atoms with van der Waals surface area (Å²) < 4.78 is 10.2.